The largest absolute Gasteiger partial charge is 0.459 e. The minimum absolute atomic E-state index is 0.0161. The summed E-state index contributed by atoms with van der Waals surface area (Å²) in [5.74, 6) is 0.0895. The number of benzene rings is 2. The topological polar surface area (TPSA) is 94.2 Å². The number of hydrogen-bond acceptors (Lipinski definition) is 5. The van der Waals surface area contributed by atoms with Gasteiger partial charge in [0.15, 0.2) is 15.6 Å². The Morgan fingerprint density at radius 3 is 2.48 bits per heavy atom. The minimum atomic E-state index is -3.59. The molecule has 4 aromatic rings. The molecule has 158 valence electrons. The Hall–Kier alpha value is -3.65. The van der Waals surface area contributed by atoms with Gasteiger partial charge < -0.3 is 14.3 Å². The Labute approximate surface area is 180 Å². The van der Waals surface area contributed by atoms with E-state index >= 15 is 0 Å². The molecular formula is C23H21N3O4S. The summed E-state index contributed by atoms with van der Waals surface area (Å²) in [6.07, 6.45) is 4.98. The number of carbonyl (C=O) groups excluding carboxylic acids is 1. The number of anilines is 1. The summed E-state index contributed by atoms with van der Waals surface area (Å²) in [4.78, 5) is 17.1. The molecule has 1 amide bonds. The summed E-state index contributed by atoms with van der Waals surface area (Å²) in [7, 11) is -3.59. The molecule has 0 saturated heterocycles. The molecule has 0 unspecified atom stereocenters. The van der Waals surface area contributed by atoms with E-state index < -0.39 is 15.7 Å². The molecule has 0 aliphatic carbocycles. The van der Waals surface area contributed by atoms with E-state index in [-0.39, 0.29) is 16.4 Å². The molecule has 2 heterocycles. The molecule has 7 nitrogen and oxygen atoms in total. The van der Waals surface area contributed by atoms with Crippen LogP contribution in [0.4, 0.5) is 5.69 Å². The Morgan fingerprint density at radius 2 is 1.81 bits per heavy atom. The van der Waals surface area contributed by atoms with Crippen LogP contribution in [-0.4, -0.2) is 23.9 Å². The van der Waals surface area contributed by atoms with E-state index in [9.17, 15) is 13.2 Å². The number of aromatic nitrogens is 2. The van der Waals surface area contributed by atoms with E-state index in [1.165, 1.54) is 24.5 Å². The predicted octanol–water partition coefficient (Wildman–Crippen LogP) is 4.06. The van der Waals surface area contributed by atoms with Gasteiger partial charge in [-0.1, -0.05) is 30.3 Å². The van der Waals surface area contributed by atoms with Crippen molar-refractivity contribution in [2.24, 2.45) is 0 Å². The quantitative estimate of drug-likeness (QED) is 0.472. The fourth-order valence-electron chi connectivity index (χ4n) is 3.21. The van der Waals surface area contributed by atoms with Crippen LogP contribution in [-0.2, 0) is 22.1 Å². The highest BCUT2D eigenvalue weighted by atomic mass is 32.2. The van der Waals surface area contributed by atoms with Gasteiger partial charge in [0.05, 0.1) is 16.9 Å². The number of sulfone groups is 1. The maximum Gasteiger partial charge on any atom is 0.291 e. The fraction of sp³-hybridized carbons (Fsp3) is 0.130. The first-order chi connectivity index (χ1) is 14.9. The van der Waals surface area contributed by atoms with Crippen LogP contribution in [0.1, 0.15) is 27.5 Å². The van der Waals surface area contributed by atoms with Gasteiger partial charge in [-0.25, -0.2) is 13.4 Å². The van der Waals surface area contributed by atoms with Gasteiger partial charge in [0.2, 0.25) is 0 Å². The number of imidazole rings is 1. The van der Waals surface area contributed by atoms with Crippen LogP contribution in [0.5, 0.6) is 0 Å². The molecule has 0 aliphatic heterocycles. The van der Waals surface area contributed by atoms with Gasteiger partial charge in [0, 0.05) is 30.2 Å². The standard InChI is InChI=1S/C23H21N3O4S/c1-17-24-12-13-26(17)15-18-7-9-20(10-8-18)25-23(27)22-19(11-14-30-22)16-31(28,29)21-5-3-2-4-6-21/h2-14H,15-16H2,1H3,(H,25,27). The molecule has 8 heteroatoms. The molecule has 0 saturated carbocycles. The fourth-order valence-corrected chi connectivity index (χ4v) is 4.59. The number of carbonyl (C=O) groups is 1. The summed E-state index contributed by atoms with van der Waals surface area (Å²) in [5, 5.41) is 2.76. The van der Waals surface area contributed by atoms with E-state index in [0.29, 0.717) is 17.8 Å². The van der Waals surface area contributed by atoms with E-state index in [4.69, 9.17) is 4.42 Å². The number of aryl methyl sites for hydroxylation is 1. The molecule has 0 atom stereocenters. The van der Waals surface area contributed by atoms with Crippen LogP contribution in [0.25, 0.3) is 0 Å². The van der Waals surface area contributed by atoms with Gasteiger partial charge in [-0.15, -0.1) is 0 Å². The lowest BCUT2D eigenvalue weighted by Gasteiger charge is -2.08. The summed E-state index contributed by atoms with van der Waals surface area (Å²) < 4.78 is 32.6. The van der Waals surface area contributed by atoms with Crippen molar-refractivity contribution in [1.29, 1.82) is 0 Å². The number of amides is 1. The van der Waals surface area contributed by atoms with Gasteiger partial charge in [0.25, 0.3) is 5.91 Å². The van der Waals surface area contributed by atoms with E-state index in [1.54, 1.807) is 36.5 Å². The maximum atomic E-state index is 12.7. The maximum absolute atomic E-state index is 12.7. The van der Waals surface area contributed by atoms with Crippen LogP contribution in [0.2, 0.25) is 0 Å². The summed E-state index contributed by atoms with van der Waals surface area (Å²) in [6.45, 7) is 2.62. The number of nitrogens with one attached hydrogen (secondary N) is 1. The number of nitrogens with zero attached hydrogens (tertiary/aromatic N) is 2. The Bertz CT molecular complexity index is 1290. The van der Waals surface area contributed by atoms with Crippen molar-refractivity contribution in [2.75, 3.05) is 5.32 Å². The lowest BCUT2D eigenvalue weighted by atomic mass is 10.2. The zero-order valence-corrected chi connectivity index (χ0v) is 17.7. The molecule has 31 heavy (non-hydrogen) atoms. The van der Waals surface area contributed by atoms with E-state index in [2.05, 4.69) is 10.3 Å². The Kier molecular flexibility index (Phi) is 5.73. The molecule has 0 radical (unpaired) electrons. The SMILES string of the molecule is Cc1nccn1Cc1ccc(NC(=O)c2occc2CS(=O)(=O)c2ccccc2)cc1. The molecule has 1 N–H and O–H groups in total. The molecule has 2 aromatic carbocycles. The van der Waals surface area contributed by atoms with Crippen molar-refractivity contribution in [3.63, 3.8) is 0 Å². The van der Waals surface area contributed by atoms with Gasteiger partial charge in [-0.2, -0.15) is 0 Å². The van der Waals surface area contributed by atoms with Crippen LogP contribution < -0.4 is 5.32 Å². The smallest absolute Gasteiger partial charge is 0.291 e. The number of hydrogen-bond donors (Lipinski definition) is 1. The highest BCUT2D eigenvalue weighted by Crippen LogP contribution is 2.21. The van der Waals surface area contributed by atoms with Gasteiger partial charge >= 0.3 is 0 Å². The Balaban J connectivity index is 1.45. The molecule has 0 spiro atoms. The van der Waals surface area contributed by atoms with Crippen LogP contribution in [0.15, 0.2) is 88.6 Å². The van der Waals surface area contributed by atoms with Crippen molar-refractivity contribution < 1.29 is 17.6 Å². The lowest BCUT2D eigenvalue weighted by Crippen LogP contribution is -2.15. The first kappa shape index (κ1) is 20.6. The first-order valence-electron chi connectivity index (χ1n) is 9.64. The summed E-state index contributed by atoms with van der Waals surface area (Å²) in [5.41, 5.74) is 1.96. The highest BCUT2D eigenvalue weighted by molar-refractivity contribution is 7.90. The third-order valence-corrected chi connectivity index (χ3v) is 6.57. The lowest BCUT2D eigenvalue weighted by molar-refractivity contribution is 0.0996. The molecule has 2 aromatic heterocycles. The molecule has 0 aliphatic rings. The second kappa shape index (κ2) is 8.61. The molecule has 0 fully saturated rings. The molecular weight excluding hydrogens is 414 g/mol. The van der Waals surface area contributed by atoms with E-state index in [1.807, 2.05) is 29.8 Å². The first-order valence-corrected chi connectivity index (χ1v) is 11.3. The minimum Gasteiger partial charge on any atom is -0.459 e. The van der Waals surface area contributed by atoms with Crippen molar-refractivity contribution >= 4 is 21.4 Å². The second-order valence-corrected chi connectivity index (χ2v) is 9.09. The van der Waals surface area contributed by atoms with Crippen LogP contribution in [0, 0.1) is 6.92 Å². The average molecular weight is 436 g/mol. The average Bonchev–Trinajstić information content (AvgIpc) is 3.39. The second-order valence-electron chi connectivity index (χ2n) is 7.10. The van der Waals surface area contributed by atoms with Crippen molar-refractivity contribution in [2.45, 2.75) is 24.1 Å². The van der Waals surface area contributed by atoms with Gasteiger partial charge in [0.1, 0.15) is 5.82 Å². The third kappa shape index (κ3) is 4.75. The summed E-state index contributed by atoms with van der Waals surface area (Å²) >= 11 is 0. The van der Waals surface area contributed by atoms with Crippen molar-refractivity contribution in [3.05, 3.63) is 102 Å². The predicted molar refractivity (Wildman–Crippen MR) is 117 cm³/mol. The zero-order chi connectivity index (χ0) is 21.8. The van der Waals surface area contributed by atoms with Crippen LogP contribution in [0.3, 0.4) is 0 Å². The third-order valence-electron chi connectivity index (χ3n) is 4.89. The molecule has 4 rings (SSSR count). The normalized spacial score (nSPS) is 11.4. The zero-order valence-electron chi connectivity index (χ0n) is 16.9. The van der Waals surface area contributed by atoms with E-state index in [0.717, 1.165) is 11.4 Å². The highest BCUT2D eigenvalue weighted by Gasteiger charge is 2.22. The van der Waals surface area contributed by atoms with Crippen molar-refractivity contribution in [1.82, 2.24) is 9.55 Å². The van der Waals surface area contributed by atoms with Gasteiger partial charge in [-0.05, 0) is 42.8 Å². The van der Waals surface area contributed by atoms with Gasteiger partial charge in [-0.3, -0.25) is 4.79 Å². The molecule has 0 bridgehead atoms. The Morgan fingerprint density at radius 1 is 1.06 bits per heavy atom. The monoisotopic (exact) mass is 435 g/mol. The number of furan rings is 1. The van der Waals surface area contributed by atoms with Crippen LogP contribution >= 0.6 is 0 Å². The summed E-state index contributed by atoms with van der Waals surface area (Å²) in [6, 6.07) is 17.1. The number of rotatable bonds is 7. The van der Waals surface area contributed by atoms with Crippen molar-refractivity contribution in [3.8, 4) is 0 Å².